The summed E-state index contributed by atoms with van der Waals surface area (Å²) >= 11 is 5.89. The molecule has 2 aromatic carbocycles. The maximum Gasteiger partial charge on any atom is 0.338 e. The van der Waals surface area contributed by atoms with Crippen LogP contribution in [0.15, 0.2) is 60.0 Å². The number of sulfonamides is 1. The second kappa shape index (κ2) is 10.1. The van der Waals surface area contributed by atoms with Crippen LogP contribution >= 0.6 is 11.6 Å². The van der Waals surface area contributed by atoms with Crippen LogP contribution < -0.4 is 14.8 Å². The van der Waals surface area contributed by atoms with Gasteiger partial charge in [-0.05, 0) is 42.5 Å². The average molecular weight is 439 g/mol. The van der Waals surface area contributed by atoms with Crippen LogP contribution in [0.5, 0.6) is 5.75 Å². The molecule has 0 aliphatic heterocycles. The van der Waals surface area contributed by atoms with Gasteiger partial charge in [-0.2, -0.15) is 0 Å². The fourth-order valence-corrected chi connectivity index (χ4v) is 3.37. The van der Waals surface area contributed by atoms with Gasteiger partial charge in [0.1, 0.15) is 5.75 Å². The SMILES string of the molecule is C=CCNS(=O)(=O)c1ccc(C(=O)OCC(=O)Nc2cc(Cl)ccc2OC)cc1. The summed E-state index contributed by atoms with van der Waals surface area (Å²) in [6, 6.07) is 9.80. The smallest absolute Gasteiger partial charge is 0.338 e. The highest BCUT2D eigenvalue weighted by Crippen LogP contribution is 2.27. The Balaban J connectivity index is 1.96. The second-order valence-corrected chi connectivity index (χ2v) is 7.84. The zero-order chi connectivity index (χ0) is 21.4. The van der Waals surface area contributed by atoms with E-state index >= 15 is 0 Å². The number of benzene rings is 2. The normalized spacial score (nSPS) is 10.8. The van der Waals surface area contributed by atoms with E-state index in [2.05, 4.69) is 16.6 Å². The van der Waals surface area contributed by atoms with Crippen LogP contribution in [0.4, 0.5) is 5.69 Å². The molecule has 0 saturated heterocycles. The van der Waals surface area contributed by atoms with Crippen molar-refractivity contribution in [3.05, 3.63) is 65.7 Å². The van der Waals surface area contributed by atoms with Crippen LogP contribution in [0.25, 0.3) is 0 Å². The lowest BCUT2D eigenvalue weighted by atomic mass is 10.2. The summed E-state index contributed by atoms with van der Waals surface area (Å²) in [5, 5.41) is 2.94. The van der Waals surface area contributed by atoms with Crippen molar-refractivity contribution in [2.75, 3.05) is 25.6 Å². The quantitative estimate of drug-likeness (QED) is 0.460. The highest BCUT2D eigenvalue weighted by molar-refractivity contribution is 7.89. The lowest BCUT2D eigenvalue weighted by molar-refractivity contribution is -0.119. The Bertz CT molecular complexity index is 1010. The minimum absolute atomic E-state index is 0.0123. The molecule has 0 fully saturated rings. The van der Waals surface area contributed by atoms with Gasteiger partial charge in [-0.25, -0.2) is 17.9 Å². The molecule has 2 N–H and O–H groups in total. The molecule has 0 radical (unpaired) electrons. The maximum absolute atomic E-state index is 12.1. The number of esters is 1. The first-order valence-corrected chi connectivity index (χ1v) is 10.1. The Morgan fingerprint density at radius 2 is 1.86 bits per heavy atom. The van der Waals surface area contributed by atoms with E-state index in [9.17, 15) is 18.0 Å². The summed E-state index contributed by atoms with van der Waals surface area (Å²) < 4.78 is 36.4. The molecule has 0 aliphatic rings. The van der Waals surface area contributed by atoms with Crippen molar-refractivity contribution < 1.29 is 27.5 Å². The lowest BCUT2D eigenvalue weighted by Gasteiger charge is -2.11. The first-order chi connectivity index (χ1) is 13.8. The molecule has 0 unspecified atom stereocenters. The largest absolute Gasteiger partial charge is 0.495 e. The van der Waals surface area contributed by atoms with Crippen molar-refractivity contribution in [2.45, 2.75) is 4.90 Å². The van der Waals surface area contributed by atoms with E-state index in [0.29, 0.717) is 16.5 Å². The van der Waals surface area contributed by atoms with Gasteiger partial charge in [-0.15, -0.1) is 6.58 Å². The van der Waals surface area contributed by atoms with Crippen molar-refractivity contribution in [3.8, 4) is 5.75 Å². The molecule has 0 aromatic heterocycles. The lowest BCUT2D eigenvalue weighted by Crippen LogP contribution is -2.24. The predicted molar refractivity (Wildman–Crippen MR) is 109 cm³/mol. The highest BCUT2D eigenvalue weighted by atomic mass is 35.5. The van der Waals surface area contributed by atoms with Gasteiger partial charge in [0.05, 0.1) is 23.3 Å². The van der Waals surface area contributed by atoms with E-state index in [1.54, 1.807) is 12.1 Å². The number of rotatable bonds is 9. The van der Waals surface area contributed by atoms with Gasteiger partial charge in [-0.3, -0.25) is 4.79 Å². The highest BCUT2D eigenvalue weighted by Gasteiger charge is 2.16. The van der Waals surface area contributed by atoms with Gasteiger partial charge in [0.15, 0.2) is 6.61 Å². The number of carbonyl (C=O) groups is 2. The van der Waals surface area contributed by atoms with Crippen molar-refractivity contribution in [1.29, 1.82) is 0 Å². The third-order valence-corrected chi connectivity index (χ3v) is 5.26. The molecular weight excluding hydrogens is 420 g/mol. The molecule has 0 saturated carbocycles. The van der Waals surface area contributed by atoms with E-state index in [0.717, 1.165) is 0 Å². The third kappa shape index (κ3) is 6.31. The summed E-state index contributed by atoms with van der Waals surface area (Å²) in [6.07, 6.45) is 1.41. The van der Waals surface area contributed by atoms with Crippen molar-refractivity contribution in [1.82, 2.24) is 4.72 Å². The fourth-order valence-electron chi connectivity index (χ4n) is 2.20. The number of hydrogen-bond donors (Lipinski definition) is 2. The molecule has 29 heavy (non-hydrogen) atoms. The van der Waals surface area contributed by atoms with E-state index < -0.39 is 28.5 Å². The minimum Gasteiger partial charge on any atom is -0.495 e. The van der Waals surface area contributed by atoms with E-state index in [1.165, 1.54) is 43.5 Å². The Hall–Kier alpha value is -2.88. The number of carbonyl (C=O) groups excluding carboxylic acids is 2. The molecule has 2 rings (SSSR count). The van der Waals surface area contributed by atoms with Crippen molar-refractivity contribution >= 4 is 39.2 Å². The molecule has 0 bridgehead atoms. The molecule has 0 aliphatic carbocycles. The molecule has 1 amide bonds. The average Bonchev–Trinajstić information content (AvgIpc) is 2.71. The Morgan fingerprint density at radius 3 is 2.48 bits per heavy atom. The van der Waals surface area contributed by atoms with Crippen LogP contribution in [0.2, 0.25) is 5.02 Å². The number of ether oxygens (including phenoxy) is 2. The Morgan fingerprint density at radius 1 is 1.17 bits per heavy atom. The summed E-state index contributed by atoms with van der Waals surface area (Å²) in [5.74, 6) is -0.969. The van der Waals surface area contributed by atoms with Crippen LogP contribution in [0.3, 0.4) is 0 Å². The fraction of sp³-hybridized carbons (Fsp3) is 0.158. The molecule has 2 aromatic rings. The summed E-state index contributed by atoms with van der Waals surface area (Å²) in [6.45, 7) is 2.97. The Kier molecular flexibility index (Phi) is 7.77. The zero-order valence-corrected chi connectivity index (χ0v) is 17.0. The van der Waals surface area contributed by atoms with Crippen LogP contribution in [-0.2, 0) is 19.6 Å². The standard InChI is InChI=1S/C19H19ClN2O6S/c1-3-10-21-29(25,26)15-7-4-13(5-8-15)19(24)28-12-18(23)22-16-11-14(20)6-9-17(16)27-2/h3-9,11,21H,1,10,12H2,2H3,(H,22,23). The number of halogens is 1. The van der Waals surface area contributed by atoms with E-state index in [-0.39, 0.29) is 17.0 Å². The van der Waals surface area contributed by atoms with Crippen molar-refractivity contribution in [3.63, 3.8) is 0 Å². The number of methoxy groups -OCH3 is 1. The molecule has 0 atom stereocenters. The van der Waals surface area contributed by atoms with E-state index in [1.807, 2.05) is 0 Å². The molecule has 0 heterocycles. The van der Waals surface area contributed by atoms with Crippen LogP contribution in [-0.4, -0.2) is 40.6 Å². The van der Waals surface area contributed by atoms with E-state index in [4.69, 9.17) is 21.1 Å². The van der Waals surface area contributed by atoms with Crippen molar-refractivity contribution in [2.24, 2.45) is 0 Å². The summed E-state index contributed by atoms with van der Waals surface area (Å²) in [5.41, 5.74) is 0.434. The summed E-state index contributed by atoms with van der Waals surface area (Å²) in [4.78, 5) is 24.1. The number of nitrogens with one attached hydrogen (secondary N) is 2. The second-order valence-electron chi connectivity index (χ2n) is 5.63. The monoisotopic (exact) mass is 438 g/mol. The topological polar surface area (TPSA) is 111 Å². The minimum atomic E-state index is -3.70. The van der Waals surface area contributed by atoms with Gasteiger partial charge in [0.2, 0.25) is 10.0 Å². The first-order valence-electron chi connectivity index (χ1n) is 8.28. The van der Waals surface area contributed by atoms with Gasteiger partial charge in [0, 0.05) is 11.6 Å². The molecule has 154 valence electrons. The van der Waals surface area contributed by atoms with Crippen LogP contribution in [0.1, 0.15) is 10.4 Å². The molecule has 8 nitrogen and oxygen atoms in total. The molecule has 10 heteroatoms. The first kappa shape index (κ1) is 22.4. The van der Waals surface area contributed by atoms with Crippen LogP contribution in [0, 0.1) is 0 Å². The maximum atomic E-state index is 12.1. The molecule has 0 spiro atoms. The molecular formula is C19H19ClN2O6S. The van der Waals surface area contributed by atoms with Gasteiger partial charge in [0.25, 0.3) is 5.91 Å². The Labute approximate surface area is 173 Å². The summed E-state index contributed by atoms with van der Waals surface area (Å²) in [7, 11) is -2.26. The number of amides is 1. The predicted octanol–water partition coefficient (Wildman–Crippen LogP) is 2.61. The van der Waals surface area contributed by atoms with Gasteiger partial charge >= 0.3 is 5.97 Å². The third-order valence-electron chi connectivity index (χ3n) is 3.59. The number of anilines is 1. The number of hydrogen-bond acceptors (Lipinski definition) is 6. The van der Waals surface area contributed by atoms with Gasteiger partial charge < -0.3 is 14.8 Å². The zero-order valence-electron chi connectivity index (χ0n) is 15.5. The van der Waals surface area contributed by atoms with Gasteiger partial charge in [-0.1, -0.05) is 17.7 Å².